The molecule has 668 valence electrons. The Kier molecular flexibility index (Phi) is 33.5. The molecular weight excluding hydrogens is 1730 g/mol. The number of hydrogen-bond donors (Lipinski definition) is 1. The van der Waals surface area contributed by atoms with Gasteiger partial charge < -0.3 is 14.3 Å². The smallest absolute Gasteiger partial charge is 0.243 e. The summed E-state index contributed by atoms with van der Waals surface area (Å²) >= 11 is 18.7. The Morgan fingerprint density at radius 1 is 0.372 bits per heavy atom. The van der Waals surface area contributed by atoms with Crippen molar-refractivity contribution in [2.24, 2.45) is 23.7 Å². The average Bonchev–Trinajstić information content (AvgIpc) is 1.72. The molecule has 0 radical (unpaired) electrons. The summed E-state index contributed by atoms with van der Waals surface area (Å²) in [5.41, 5.74) is 2.34. The monoisotopic (exact) mass is 1860 g/mol. The number of aliphatic hydroxyl groups excluding tert-OH is 1. The van der Waals surface area contributed by atoms with Crippen molar-refractivity contribution in [1.82, 2.24) is 25.8 Å². The number of rotatable bonds is 41. The molecule has 6 saturated carbocycles. The maximum absolute atomic E-state index is 15.5. The first kappa shape index (κ1) is 95.8. The van der Waals surface area contributed by atoms with Crippen LogP contribution in [0.25, 0.3) is 0 Å². The Hall–Kier alpha value is -4.25. The lowest BCUT2D eigenvalue weighted by Gasteiger charge is -2.36. The lowest BCUT2D eigenvalue weighted by Crippen LogP contribution is -2.42. The molecule has 1 N–H and O–H groups in total. The molecule has 6 aromatic rings. The van der Waals surface area contributed by atoms with Crippen LogP contribution in [0.2, 0.25) is 33.2 Å². The Morgan fingerprint density at radius 2 is 0.694 bits per heavy atom. The van der Waals surface area contributed by atoms with Gasteiger partial charge in [0.2, 0.25) is 60.1 Å². The number of sulfonamides is 6. The zero-order chi connectivity index (χ0) is 86.6. The molecule has 0 amide bonds. The van der Waals surface area contributed by atoms with E-state index in [4.69, 9.17) is 44.0 Å². The predicted molar refractivity (Wildman–Crippen MR) is 482 cm³/mol. The van der Waals surface area contributed by atoms with E-state index < -0.39 is 74.6 Å². The van der Waals surface area contributed by atoms with Crippen LogP contribution in [-0.2, 0) is 88.9 Å². The molecule has 5 unspecified atom stereocenters. The molecule has 0 spiro atoms. The lowest BCUT2D eigenvalue weighted by atomic mass is 9.78. The second-order valence-corrected chi connectivity index (χ2v) is 53.9. The summed E-state index contributed by atoms with van der Waals surface area (Å²) in [5.74, 6) is -0.664. The largest absolute Gasteiger partial charge is 0.417 e. The highest BCUT2D eigenvalue weighted by atomic mass is 35.5. The third kappa shape index (κ3) is 24.8. The summed E-state index contributed by atoms with van der Waals surface area (Å²) in [7, 11) is -27.3. The summed E-state index contributed by atoms with van der Waals surface area (Å²) < 4.78 is 202. The van der Waals surface area contributed by atoms with Crippen LogP contribution in [0.1, 0.15) is 217 Å². The fourth-order valence-corrected chi connectivity index (χ4v) is 29.7. The number of hydrogen-bond acceptors (Lipinski definition) is 15. The van der Waals surface area contributed by atoms with E-state index in [2.05, 4.69) is 33.9 Å². The minimum absolute atomic E-state index is 0.00131. The number of aliphatic hydroxyl groups is 1. The van der Waals surface area contributed by atoms with E-state index in [1.807, 2.05) is 24.3 Å². The van der Waals surface area contributed by atoms with Crippen LogP contribution in [0.15, 0.2) is 175 Å². The molecule has 0 aromatic heterocycles. The van der Waals surface area contributed by atoms with Crippen LogP contribution in [-0.4, -0.2) is 173 Å². The van der Waals surface area contributed by atoms with Crippen molar-refractivity contribution >= 4 is 103 Å². The van der Waals surface area contributed by atoms with Crippen molar-refractivity contribution in [1.29, 1.82) is 0 Å². The molecule has 12 rings (SSSR count). The van der Waals surface area contributed by atoms with Crippen molar-refractivity contribution in [2.75, 3.05) is 52.5 Å². The van der Waals surface area contributed by atoms with E-state index in [0.29, 0.717) is 124 Å². The predicted octanol–water partition coefficient (Wildman–Crippen LogP) is 18.9. The fourth-order valence-electron chi connectivity index (χ4n) is 18.7. The van der Waals surface area contributed by atoms with Gasteiger partial charge in [0.05, 0.1) is 48.2 Å². The van der Waals surface area contributed by atoms with Crippen molar-refractivity contribution in [3.05, 3.63) is 177 Å². The van der Waals surface area contributed by atoms with Crippen molar-refractivity contribution in [3.8, 4) is 0 Å². The third-order valence-electron chi connectivity index (χ3n) is 26.8. The Morgan fingerprint density at radius 3 is 1.07 bits per heavy atom. The third-order valence-corrected chi connectivity index (χ3v) is 43.5. The SMILES string of the molecule is CC(C)(C)[Si](C)(C)OCCCCN(CC1CCCC(OCCN(CC2CCCC(C(O)CCN(CC3CCCCC3)S(=O)(=O)c3ccc(S(=O)(=O)N(Cc4ccc(Cl)cc4)C4CCCC4)cc3)C2)S(=O)(=O)c2ccc(S(=O)(=O)N(Cc3ccc(Cl)cc3)C3CCCC3)cc2)C1)S(=O)(=O)c1ccc(S(=O)(=O)N(Cc2ccc(Cl)cc2)C2CCCC2)cc1. The van der Waals surface area contributed by atoms with E-state index in [-0.39, 0.29) is 154 Å². The van der Waals surface area contributed by atoms with Gasteiger partial charge in [-0.1, -0.05) is 163 Å². The summed E-state index contributed by atoms with van der Waals surface area (Å²) in [6.45, 7) is 12.3. The molecule has 21 nitrogen and oxygen atoms in total. The summed E-state index contributed by atoms with van der Waals surface area (Å²) in [4.78, 5) is -0.227. The van der Waals surface area contributed by atoms with Crippen molar-refractivity contribution < 1.29 is 64.8 Å². The lowest BCUT2D eigenvalue weighted by molar-refractivity contribution is 0.00480. The Balaban J connectivity index is 0.757. The van der Waals surface area contributed by atoms with Crippen LogP contribution in [0.3, 0.4) is 0 Å². The van der Waals surface area contributed by atoms with Gasteiger partial charge >= 0.3 is 0 Å². The van der Waals surface area contributed by atoms with E-state index in [0.717, 1.165) is 87.3 Å². The molecule has 6 aliphatic rings. The summed E-state index contributed by atoms with van der Waals surface area (Å²) in [6.07, 6.45) is 19.0. The van der Waals surface area contributed by atoms with Gasteiger partial charge in [-0.3, -0.25) is 0 Å². The molecule has 6 fully saturated rings. The fraction of sp³-hybridized carbons (Fsp3) is 0.600. The van der Waals surface area contributed by atoms with Gasteiger partial charge in [-0.15, -0.1) is 0 Å². The van der Waals surface area contributed by atoms with Crippen LogP contribution >= 0.6 is 34.8 Å². The number of ether oxygens (including phenoxy) is 1. The van der Waals surface area contributed by atoms with Crippen LogP contribution in [0.4, 0.5) is 0 Å². The molecule has 0 aliphatic heterocycles. The van der Waals surface area contributed by atoms with Crippen molar-refractivity contribution in [3.63, 3.8) is 0 Å². The average molecular weight is 1860 g/mol. The molecule has 5 atom stereocenters. The van der Waals surface area contributed by atoms with Crippen molar-refractivity contribution in [2.45, 2.75) is 298 Å². The van der Waals surface area contributed by atoms with E-state index in [1.54, 1.807) is 52.8 Å². The summed E-state index contributed by atoms with van der Waals surface area (Å²) in [6, 6.07) is 37.2. The number of nitrogens with zero attached hydrogens (tertiary/aromatic N) is 6. The first-order valence-corrected chi connectivity index (χ1v) is 56.7. The number of halogens is 3. The molecular formula is C90H127Cl3N6O15S6Si. The Labute approximate surface area is 739 Å². The minimum Gasteiger partial charge on any atom is -0.417 e. The normalized spacial score (nSPS) is 20.7. The number of benzene rings is 6. The van der Waals surface area contributed by atoms with E-state index in [9.17, 15) is 30.4 Å². The van der Waals surface area contributed by atoms with Crippen LogP contribution in [0, 0.1) is 23.7 Å². The van der Waals surface area contributed by atoms with Gasteiger partial charge in [-0.2, -0.15) is 25.8 Å². The highest BCUT2D eigenvalue weighted by molar-refractivity contribution is 7.90. The van der Waals surface area contributed by atoms with Gasteiger partial charge in [0.25, 0.3) is 0 Å². The zero-order valence-electron chi connectivity index (χ0n) is 71.1. The van der Waals surface area contributed by atoms with Crippen LogP contribution in [0.5, 0.6) is 0 Å². The van der Waals surface area contributed by atoms with Crippen LogP contribution < -0.4 is 0 Å². The highest BCUT2D eigenvalue weighted by Gasteiger charge is 2.42. The highest BCUT2D eigenvalue weighted by Crippen LogP contribution is 2.41. The quantitative estimate of drug-likeness (QED) is 0.0276. The maximum atomic E-state index is 15.5. The molecule has 6 aromatic carbocycles. The Bertz CT molecular complexity index is 5060. The minimum atomic E-state index is -4.40. The van der Waals surface area contributed by atoms with Gasteiger partial charge in [0, 0.05) is 98.7 Å². The molecule has 6 aliphatic carbocycles. The van der Waals surface area contributed by atoms with E-state index >= 15 is 25.3 Å². The first-order chi connectivity index (χ1) is 57.5. The molecule has 0 bridgehead atoms. The molecule has 0 saturated heterocycles. The van der Waals surface area contributed by atoms with E-state index in [1.165, 1.54) is 94.3 Å². The number of unbranched alkanes of at least 4 members (excludes halogenated alkanes) is 1. The first-order valence-electron chi connectivity index (χ1n) is 44.0. The van der Waals surface area contributed by atoms with Gasteiger partial charge in [-0.25, -0.2) is 50.5 Å². The second kappa shape index (κ2) is 42.3. The van der Waals surface area contributed by atoms with Gasteiger partial charge in [0.15, 0.2) is 8.32 Å². The van der Waals surface area contributed by atoms with Gasteiger partial charge in [0.1, 0.15) is 0 Å². The van der Waals surface area contributed by atoms with Gasteiger partial charge in [-0.05, 0) is 277 Å². The molecule has 31 heteroatoms. The zero-order valence-corrected chi connectivity index (χ0v) is 79.2. The second-order valence-electron chi connectivity index (χ2n) is 36.3. The molecule has 121 heavy (non-hydrogen) atoms. The topological polar surface area (TPSA) is 263 Å². The summed E-state index contributed by atoms with van der Waals surface area (Å²) in [5, 5.41) is 14.0. The standard InChI is InChI=1S/C90H127Cl3N6O15S6Si/c1-90(2,3)121(4,5)114-59-16-15-56-94(115(101,102)83-43-49-86(50-44-83)118(107,108)97(79-24-9-10-25-79)66-70-31-37-76(91)38-32-70)65-74-22-18-30-82(62-74)113-60-58-96(117(105,106)85-47-53-88(54-48-85)120(111,112)99(81-28-13-14-29-81)68-72-35-41-78(93)42-36-72)64-73-21-17-23-75(61-73)89(100)55-57-95(63-69-19-7-6-8-20-69)116(103,104)84-45-51-87(52-46-84)119(109,110)98(80-26-11-12-27-80)67-71-33-39-77(92)40-34-71/h31-54,69,73-75,79-82,89,100H,6-30,55-68H2,1-5H3. The molecule has 0 heterocycles. The maximum Gasteiger partial charge on any atom is 0.243 e.